The Morgan fingerprint density at radius 2 is 2.11 bits per heavy atom. The molecule has 0 saturated carbocycles. The third-order valence-electron chi connectivity index (χ3n) is 2.56. The summed E-state index contributed by atoms with van der Waals surface area (Å²) in [7, 11) is 0. The molecular weight excluding hydrogens is 232 g/mol. The van der Waals surface area contributed by atoms with Crippen molar-refractivity contribution < 1.29 is 14.7 Å². The minimum absolute atomic E-state index is 0.117. The van der Waals surface area contributed by atoms with Crippen molar-refractivity contribution in [3.63, 3.8) is 0 Å². The highest BCUT2D eigenvalue weighted by Crippen LogP contribution is 2.02. The van der Waals surface area contributed by atoms with Gasteiger partial charge in [-0.15, -0.1) is 0 Å². The van der Waals surface area contributed by atoms with E-state index in [4.69, 9.17) is 5.11 Å². The molecule has 2 N–H and O–H groups in total. The highest BCUT2D eigenvalue weighted by molar-refractivity contribution is 5.96. The van der Waals surface area contributed by atoms with Crippen LogP contribution >= 0.6 is 0 Å². The van der Waals surface area contributed by atoms with E-state index < -0.39 is 5.97 Å². The first-order chi connectivity index (χ1) is 8.65. The van der Waals surface area contributed by atoms with Crippen LogP contribution in [0.5, 0.6) is 0 Å². The number of carbonyl (C=O) groups excluding carboxylic acids is 1. The number of aromatic carboxylic acids is 1. The summed E-state index contributed by atoms with van der Waals surface area (Å²) in [4.78, 5) is 26.1. The lowest BCUT2D eigenvalue weighted by Gasteiger charge is -2.05. The van der Waals surface area contributed by atoms with Gasteiger partial charge in [0.25, 0.3) is 5.91 Å². The van der Waals surface area contributed by atoms with Crippen LogP contribution in [0.3, 0.4) is 0 Å². The predicted molar refractivity (Wildman–Crippen MR) is 67.7 cm³/mol. The standard InChI is InChI=1S/C13H18N2O3/c1-2-3-4-5-7-15-12(16)10-6-8-14-11(9-10)13(17)18/h6,8-9H,2-5,7H2,1H3,(H,15,16)(H,17,18). The van der Waals surface area contributed by atoms with E-state index in [1.54, 1.807) is 0 Å². The largest absolute Gasteiger partial charge is 0.477 e. The first-order valence-electron chi connectivity index (χ1n) is 6.12. The predicted octanol–water partition coefficient (Wildman–Crippen LogP) is 2.09. The number of rotatable bonds is 7. The molecule has 98 valence electrons. The number of hydrogen-bond acceptors (Lipinski definition) is 3. The summed E-state index contributed by atoms with van der Waals surface area (Å²) in [5, 5.41) is 11.5. The fourth-order valence-electron chi connectivity index (χ4n) is 1.54. The topological polar surface area (TPSA) is 79.3 Å². The summed E-state index contributed by atoms with van der Waals surface area (Å²) in [6, 6.07) is 2.79. The van der Waals surface area contributed by atoms with Crippen molar-refractivity contribution in [3.8, 4) is 0 Å². The number of carboxylic acid groups (broad SMARTS) is 1. The Morgan fingerprint density at radius 1 is 1.33 bits per heavy atom. The maximum atomic E-state index is 11.7. The molecule has 1 rings (SSSR count). The summed E-state index contributed by atoms with van der Waals surface area (Å²) in [5.74, 6) is -1.39. The SMILES string of the molecule is CCCCCCNC(=O)c1ccnc(C(=O)O)c1. The summed E-state index contributed by atoms with van der Waals surface area (Å²) >= 11 is 0. The van der Waals surface area contributed by atoms with Crippen LogP contribution < -0.4 is 5.32 Å². The summed E-state index contributed by atoms with van der Waals surface area (Å²) in [6.45, 7) is 2.74. The maximum absolute atomic E-state index is 11.7. The number of amides is 1. The second-order valence-corrected chi connectivity index (χ2v) is 4.05. The molecule has 18 heavy (non-hydrogen) atoms. The van der Waals surface area contributed by atoms with Crippen molar-refractivity contribution in [2.45, 2.75) is 32.6 Å². The van der Waals surface area contributed by atoms with E-state index in [0.717, 1.165) is 25.7 Å². The van der Waals surface area contributed by atoms with Gasteiger partial charge in [-0.25, -0.2) is 9.78 Å². The van der Waals surface area contributed by atoms with Gasteiger partial charge < -0.3 is 10.4 Å². The number of hydrogen-bond donors (Lipinski definition) is 2. The van der Waals surface area contributed by atoms with Crippen molar-refractivity contribution in [1.82, 2.24) is 10.3 Å². The average molecular weight is 250 g/mol. The Labute approximate surface area is 106 Å². The lowest BCUT2D eigenvalue weighted by molar-refractivity contribution is 0.0690. The normalized spacial score (nSPS) is 10.1. The van der Waals surface area contributed by atoms with Gasteiger partial charge in [-0.05, 0) is 18.6 Å². The van der Waals surface area contributed by atoms with Crippen LogP contribution in [-0.4, -0.2) is 28.5 Å². The van der Waals surface area contributed by atoms with E-state index in [9.17, 15) is 9.59 Å². The molecule has 1 aromatic rings. The second kappa shape index (κ2) is 7.42. The molecule has 0 atom stereocenters. The van der Waals surface area contributed by atoms with E-state index in [1.165, 1.54) is 18.3 Å². The zero-order valence-corrected chi connectivity index (χ0v) is 10.5. The maximum Gasteiger partial charge on any atom is 0.354 e. The minimum Gasteiger partial charge on any atom is -0.477 e. The van der Waals surface area contributed by atoms with E-state index in [-0.39, 0.29) is 11.6 Å². The van der Waals surface area contributed by atoms with Gasteiger partial charge >= 0.3 is 5.97 Å². The van der Waals surface area contributed by atoms with Crippen LogP contribution in [0.4, 0.5) is 0 Å². The molecule has 1 aromatic heterocycles. The van der Waals surface area contributed by atoms with E-state index in [2.05, 4.69) is 17.2 Å². The quantitative estimate of drug-likeness (QED) is 0.726. The van der Waals surface area contributed by atoms with E-state index in [1.807, 2.05) is 0 Å². The van der Waals surface area contributed by atoms with E-state index in [0.29, 0.717) is 12.1 Å². The first kappa shape index (κ1) is 14.2. The first-order valence-corrected chi connectivity index (χ1v) is 6.12. The molecule has 0 bridgehead atoms. The summed E-state index contributed by atoms with van der Waals surface area (Å²) in [6.07, 6.45) is 5.67. The zero-order valence-electron chi connectivity index (χ0n) is 10.5. The average Bonchev–Trinajstić information content (AvgIpc) is 2.38. The minimum atomic E-state index is -1.13. The third-order valence-corrected chi connectivity index (χ3v) is 2.56. The highest BCUT2D eigenvalue weighted by Gasteiger charge is 2.09. The molecule has 0 radical (unpaired) electrons. The Kier molecular flexibility index (Phi) is 5.84. The van der Waals surface area contributed by atoms with Gasteiger partial charge in [0.1, 0.15) is 5.69 Å². The fourth-order valence-corrected chi connectivity index (χ4v) is 1.54. The smallest absolute Gasteiger partial charge is 0.354 e. The molecule has 0 unspecified atom stereocenters. The van der Waals surface area contributed by atoms with Crippen molar-refractivity contribution in [2.24, 2.45) is 0 Å². The zero-order chi connectivity index (χ0) is 13.4. The van der Waals surface area contributed by atoms with Crippen molar-refractivity contribution >= 4 is 11.9 Å². The molecule has 0 aliphatic carbocycles. The van der Waals surface area contributed by atoms with Gasteiger partial charge in [-0.2, -0.15) is 0 Å². The number of nitrogens with one attached hydrogen (secondary N) is 1. The Morgan fingerprint density at radius 3 is 2.78 bits per heavy atom. The Hall–Kier alpha value is -1.91. The number of carbonyl (C=O) groups is 2. The third kappa shape index (κ3) is 4.53. The summed E-state index contributed by atoms with van der Waals surface area (Å²) < 4.78 is 0. The number of aromatic nitrogens is 1. The number of nitrogens with zero attached hydrogens (tertiary/aromatic N) is 1. The van der Waals surface area contributed by atoms with Crippen LogP contribution in [0.15, 0.2) is 18.3 Å². The number of pyridine rings is 1. The van der Waals surface area contributed by atoms with Crippen molar-refractivity contribution in [1.29, 1.82) is 0 Å². The molecule has 5 nitrogen and oxygen atoms in total. The number of carboxylic acids is 1. The number of unbranched alkanes of at least 4 members (excludes halogenated alkanes) is 3. The van der Waals surface area contributed by atoms with Gasteiger partial charge in [0.05, 0.1) is 0 Å². The Balaban J connectivity index is 2.46. The summed E-state index contributed by atoms with van der Waals surface area (Å²) in [5.41, 5.74) is 0.214. The lowest BCUT2D eigenvalue weighted by atomic mass is 10.2. The molecule has 0 saturated heterocycles. The molecule has 1 heterocycles. The van der Waals surface area contributed by atoms with Crippen LogP contribution in [0.1, 0.15) is 53.5 Å². The van der Waals surface area contributed by atoms with Gasteiger partial charge in [-0.3, -0.25) is 4.79 Å². The molecule has 1 amide bonds. The molecule has 0 aliphatic heterocycles. The molecule has 5 heteroatoms. The van der Waals surface area contributed by atoms with Crippen LogP contribution in [0, 0.1) is 0 Å². The lowest BCUT2D eigenvalue weighted by Crippen LogP contribution is -2.24. The molecule has 0 fully saturated rings. The fraction of sp³-hybridized carbons (Fsp3) is 0.462. The monoisotopic (exact) mass is 250 g/mol. The molecule has 0 aromatic carbocycles. The van der Waals surface area contributed by atoms with Gasteiger partial charge in [0, 0.05) is 18.3 Å². The van der Waals surface area contributed by atoms with Crippen molar-refractivity contribution in [3.05, 3.63) is 29.6 Å². The molecule has 0 aliphatic rings. The van der Waals surface area contributed by atoms with Crippen LogP contribution in [0.25, 0.3) is 0 Å². The Bertz CT molecular complexity index is 418. The van der Waals surface area contributed by atoms with Crippen molar-refractivity contribution in [2.75, 3.05) is 6.54 Å². The van der Waals surface area contributed by atoms with Gasteiger partial charge in [-0.1, -0.05) is 26.2 Å². The molecular formula is C13H18N2O3. The van der Waals surface area contributed by atoms with Gasteiger partial charge in [0.15, 0.2) is 0 Å². The van der Waals surface area contributed by atoms with E-state index >= 15 is 0 Å². The van der Waals surface area contributed by atoms with Gasteiger partial charge in [0.2, 0.25) is 0 Å². The second-order valence-electron chi connectivity index (χ2n) is 4.05. The van der Waals surface area contributed by atoms with Crippen LogP contribution in [-0.2, 0) is 0 Å². The molecule has 0 spiro atoms. The van der Waals surface area contributed by atoms with Crippen LogP contribution in [0.2, 0.25) is 0 Å². The highest BCUT2D eigenvalue weighted by atomic mass is 16.4.